The van der Waals surface area contributed by atoms with E-state index in [9.17, 15) is 13.5 Å². The molecule has 6 nitrogen and oxygen atoms in total. The van der Waals surface area contributed by atoms with Crippen LogP contribution in [0.5, 0.6) is 0 Å². The van der Waals surface area contributed by atoms with Gasteiger partial charge in [0.05, 0.1) is 11.5 Å². The topological polar surface area (TPSA) is 80.6 Å². The predicted octanol–water partition coefficient (Wildman–Crippen LogP) is 0.458. The number of nitrogens with one attached hydrogen (secondary N) is 1. The Morgan fingerprint density at radius 1 is 1.47 bits per heavy atom. The molecule has 0 saturated carbocycles. The third-order valence-corrected chi connectivity index (χ3v) is 4.80. The Balaban J connectivity index is 2.16. The third-order valence-electron chi connectivity index (χ3n) is 3.32. The summed E-state index contributed by atoms with van der Waals surface area (Å²) in [4.78, 5) is 0.213. The smallest absolute Gasteiger partial charge is 0.242 e. The number of sulfonamides is 1. The van der Waals surface area contributed by atoms with Crippen molar-refractivity contribution in [3.05, 3.63) is 18.0 Å². The lowest BCUT2D eigenvalue weighted by atomic mass is 10.1. The Kier molecular flexibility index (Phi) is 4.62. The Labute approximate surface area is 113 Å². The molecule has 1 fully saturated rings. The second-order valence-corrected chi connectivity index (χ2v) is 6.33. The molecule has 0 unspecified atom stereocenters. The normalized spacial score (nSPS) is 17.8. The van der Waals surface area contributed by atoms with Gasteiger partial charge < -0.3 is 14.4 Å². The van der Waals surface area contributed by atoms with E-state index in [1.54, 1.807) is 10.8 Å². The maximum absolute atomic E-state index is 12.3. The minimum absolute atomic E-state index is 0.0682. The second kappa shape index (κ2) is 6.04. The van der Waals surface area contributed by atoms with Crippen molar-refractivity contribution in [3.8, 4) is 0 Å². The van der Waals surface area contributed by atoms with Gasteiger partial charge in [0.25, 0.3) is 0 Å². The van der Waals surface area contributed by atoms with Crippen molar-refractivity contribution in [2.45, 2.75) is 43.9 Å². The van der Waals surface area contributed by atoms with Crippen LogP contribution >= 0.6 is 0 Å². The maximum Gasteiger partial charge on any atom is 0.242 e. The summed E-state index contributed by atoms with van der Waals surface area (Å²) in [6.45, 7) is 3.54. The van der Waals surface area contributed by atoms with Gasteiger partial charge in [0.15, 0.2) is 0 Å². The summed E-state index contributed by atoms with van der Waals surface area (Å²) in [5, 5.41) is 9.20. The van der Waals surface area contributed by atoms with Gasteiger partial charge in [-0.15, -0.1) is 0 Å². The van der Waals surface area contributed by atoms with Gasteiger partial charge in [-0.2, -0.15) is 0 Å². The molecular formula is C12H20N2O4S. The molecule has 1 saturated heterocycles. The second-order valence-electron chi connectivity index (χ2n) is 4.62. The molecule has 1 aromatic heterocycles. The summed E-state index contributed by atoms with van der Waals surface area (Å²) in [5.74, 6) is 0. The van der Waals surface area contributed by atoms with Crippen LogP contribution in [0.25, 0.3) is 0 Å². The standard InChI is InChI=1S/C12H20N2O4S/c1-2-14-8-12(7-11(14)9-15)19(16,17)13-10-3-5-18-6-4-10/h7-8,10,13,15H,2-6,9H2,1H3. The highest BCUT2D eigenvalue weighted by atomic mass is 32.2. The zero-order chi connectivity index (χ0) is 13.9. The molecule has 0 atom stereocenters. The van der Waals surface area contributed by atoms with E-state index < -0.39 is 10.0 Å². The van der Waals surface area contributed by atoms with Crippen LogP contribution in [-0.2, 0) is 27.9 Å². The number of aromatic nitrogens is 1. The summed E-state index contributed by atoms with van der Waals surface area (Å²) < 4.78 is 34.1. The molecule has 0 aromatic carbocycles. The van der Waals surface area contributed by atoms with Crippen molar-refractivity contribution in [2.24, 2.45) is 0 Å². The summed E-state index contributed by atoms with van der Waals surface area (Å²) in [6.07, 6.45) is 2.95. The number of hydrogen-bond acceptors (Lipinski definition) is 4. The van der Waals surface area contributed by atoms with Crippen molar-refractivity contribution >= 4 is 10.0 Å². The molecule has 108 valence electrons. The third kappa shape index (κ3) is 3.36. The van der Waals surface area contributed by atoms with Crippen molar-refractivity contribution in [1.82, 2.24) is 9.29 Å². The zero-order valence-corrected chi connectivity index (χ0v) is 11.8. The van der Waals surface area contributed by atoms with Crippen LogP contribution in [0, 0.1) is 0 Å². The summed E-state index contributed by atoms with van der Waals surface area (Å²) in [5.41, 5.74) is 0.606. The van der Waals surface area contributed by atoms with Crippen LogP contribution in [0.1, 0.15) is 25.5 Å². The SMILES string of the molecule is CCn1cc(S(=O)(=O)NC2CCOCC2)cc1CO. The average molecular weight is 288 g/mol. The van der Waals surface area contributed by atoms with Gasteiger partial charge in [0.2, 0.25) is 10.0 Å². The van der Waals surface area contributed by atoms with Crippen LogP contribution in [0.4, 0.5) is 0 Å². The number of aryl methyl sites for hydroxylation is 1. The van der Waals surface area contributed by atoms with E-state index in [0.717, 1.165) is 0 Å². The van der Waals surface area contributed by atoms with Crippen LogP contribution in [-0.4, -0.2) is 37.3 Å². The van der Waals surface area contributed by atoms with Crippen molar-refractivity contribution in [3.63, 3.8) is 0 Å². The van der Waals surface area contributed by atoms with E-state index in [1.807, 2.05) is 6.92 Å². The number of nitrogens with zero attached hydrogens (tertiary/aromatic N) is 1. The highest BCUT2D eigenvalue weighted by Crippen LogP contribution is 2.17. The lowest BCUT2D eigenvalue weighted by molar-refractivity contribution is 0.0832. The molecule has 1 aromatic rings. The molecule has 0 aliphatic carbocycles. The van der Waals surface area contributed by atoms with Crippen molar-refractivity contribution in [2.75, 3.05) is 13.2 Å². The first-order valence-corrected chi connectivity index (χ1v) is 7.95. The van der Waals surface area contributed by atoms with Gasteiger partial charge in [0.1, 0.15) is 0 Å². The number of aliphatic hydroxyl groups is 1. The molecule has 2 rings (SSSR count). The van der Waals surface area contributed by atoms with Crippen LogP contribution < -0.4 is 4.72 Å². The molecule has 1 aliphatic heterocycles. The maximum atomic E-state index is 12.3. The van der Waals surface area contributed by atoms with E-state index >= 15 is 0 Å². The van der Waals surface area contributed by atoms with Gasteiger partial charge >= 0.3 is 0 Å². The lowest BCUT2D eigenvalue weighted by Gasteiger charge is -2.22. The summed E-state index contributed by atoms with van der Waals surface area (Å²) in [6, 6.07) is 1.45. The Morgan fingerprint density at radius 2 is 2.16 bits per heavy atom. The van der Waals surface area contributed by atoms with Crippen LogP contribution in [0.3, 0.4) is 0 Å². The van der Waals surface area contributed by atoms with Gasteiger partial charge in [-0.25, -0.2) is 13.1 Å². The quantitative estimate of drug-likeness (QED) is 0.825. The van der Waals surface area contributed by atoms with E-state index in [4.69, 9.17) is 4.74 Å². The summed E-state index contributed by atoms with van der Waals surface area (Å²) in [7, 11) is -3.52. The van der Waals surface area contributed by atoms with Gasteiger partial charge in [-0.05, 0) is 25.8 Å². The van der Waals surface area contributed by atoms with Crippen LogP contribution in [0.2, 0.25) is 0 Å². The number of ether oxygens (including phenoxy) is 1. The monoisotopic (exact) mass is 288 g/mol. The van der Waals surface area contributed by atoms with E-state index in [2.05, 4.69) is 4.72 Å². The summed E-state index contributed by atoms with van der Waals surface area (Å²) >= 11 is 0. The molecular weight excluding hydrogens is 268 g/mol. The minimum atomic E-state index is -3.52. The Hall–Kier alpha value is -0.890. The highest BCUT2D eigenvalue weighted by Gasteiger charge is 2.23. The van der Waals surface area contributed by atoms with E-state index in [-0.39, 0.29) is 17.5 Å². The van der Waals surface area contributed by atoms with Crippen LogP contribution in [0.15, 0.2) is 17.2 Å². The highest BCUT2D eigenvalue weighted by molar-refractivity contribution is 7.89. The first-order valence-electron chi connectivity index (χ1n) is 6.47. The van der Waals surface area contributed by atoms with E-state index in [0.29, 0.717) is 38.3 Å². The fourth-order valence-corrected chi connectivity index (χ4v) is 3.57. The number of rotatable bonds is 5. The van der Waals surface area contributed by atoms with Crippen molar-refractivity contribution < 1.29 is 18.3 Å². The molecule has 0 radical (unpaired) electrons. The lowest BCUT2D eigenvalue weighted by Crippen LogP contribution is -2.38. The minimum Gasteiger partial charge on any atom is -0.390 e. The molecule has 19 heavy (non-hydrogen) atoms. The molecule has 0 amide bonds. The molecule has 0 spiro atoms. The Bertz CT molecular complexity index is 496. The largest absolute Gasteiger partial charge is 0.390 e. The molecule has 2 heterocycles. The molecule has 1 aliphatic rings. The number of hydrogen-bond donors (Lipinski definition) is 2. The number of aliphatic hydroxyl groups excluding tert-OH is 1. The molecule has 0 bridgehead atoms. The zero-order valence-electron chi connectivity index (χ0n) is 11.0. The van der Waals surface area contributed by atoms with Gasteiger partial charge in [-0.3, -0.25) is 0 Å². The van der Waals surface area contributed by atoms with Crippen molar-refractivity contribution in [1.29, 1.82) is 0 Å². The fourth-order valence-electron chi connectivity index (χ4n) is 2.20. The predicted molar refractivity (Wildman–Crippen MR) is 70.2 cm³/mol. The first kappa shape index (κ1) is 14.5. The molecule has 2 N–H and O–H groups in total. The van der Waals surface area contributed by atoms with E-state index in [1.165, 1.54) is 6.07 Å². The Morgan fingerprint density at radius 3 is 2.68 bits per heavy atom. The average Bonchev–Trinajstić information content (AvgIpc) is 2.83. The van der Waals surface area contributed by atoms with Gasteiger partial charge in [-0.1, -0.05) is 0 Å². The van der Waals surface area contributed by atoms with Gasteiger partial charge in [0, 0.05) is 37.7 Å². The first-order chi connectivity index (χ1) is 9.06. The fraction of sp³-hybridized carbons (Fsp3) is 0.667. The molecule has 7 heteroatoms.